The molecule has 6 aromatic carbocycles. The summed E-state index contributed by atoms with van der Waals surface area (Å²) in [5.74, 6) is -0.368. The van der Waals surface area contributed by atoms with Crippen molar-refractivity contribution < 1.29 is 46.2 Å². The zero-order chi connectivity index (χ0) is 41.0. The molecule has 0 saturated heterocycles. The topological polar surface area (TPSA) is 38.9 Å². The largest absolute Gasteiger partial charge is 0.500 e. The molecule has 0 bridgehead atoms. The molecular formula is C48H34F4IrN2O-2. The summed E-state index contributed by atoms with van der Waals surface area (Å²) in [7, 11) is 0. The Balaban J connectivity index is 0.000000247. The van der Waals surface area contributed by atoms with Gasteiger partial charge in [-0.1, -0.05) is 105 Å². The molecule has 0 saturated carbocycles. The summed E-state index contributed by atoms with van der Waals surface area (Å²) < 4.78 is 81.2. The van der Waals surface area contributed by atoms with Crippen molar-refractivity contribution in [2.45, 2.75) is 39.2 Å². The van der Waals surface area contributed by atoms with Gasteiger partial charge in [-0.2, -0.15) is 13.2 Å². The van der Waals surface area contributed by atoms with E-state index in [4.69, 9.17) is 13.5 Å². The molecule has 0 aliphatic carbocycles. The van der Waals surface area contributed by atoms with E-state index in [1.54, 1.807) is 24.4 Å². The van der Waals surface area contributed by atoms with Crippen LogP contribution in [0.15, 0.2) is 138 Å². The van der Waals surface area contributed by atoms with Crippen molar-refractivity contribution in [2.24, 2.45) is 0 Å². The molecule has 3 nitrogen and oxygen atoms in total. The summed E-state index contributed by atoms with van der Waals surface area (Å²) in [4.78, 5) is 8.73. The van der Waals surface area contributed by atoms with Crippen LogP contribution in [0.4, 0.5) is 17.6 Å². The Labute approximate surface area is 339 Å². The molecule has 0 aliphatic heterocycles. The summed E-state index contributed by atoms with van der Waals surface area (Å²) >= 11 is 0. The number of alkyl halides is 3. The van der Waals surface area contributed by atoms with E-state index in [2.05, 4.69) is 62.2 Å². The van der Waals surface area contributed by atoms with Gasteiger partial charge in [-0.05, 0) is 80.3 Å². The van der Waals surface area contributed by atoms with Crippen molar-refractivity contribution in [1.82, 2.24) is 9.97 Å². The number of pyridine rings is 2. The van der Waals surface area contributed by atoms with Crippen LogP contribution in [-0.4, -0.2) is 9.97 Å². The van der Waals surface area contributed by atoms with E-state index < -0.39 is 18.6 Å². The van der Waals surface area contributed by atoms with Gasteiger partial charge in [0, 0.05) is 53.2 Å². The van der Waals surface area contributed by atoms with Gasteiger partial charge in [0.15, 0.2) is 0 Å². The average molecular weight is 926 g/mol. The van der Waals surface area contributed by atoms with E-state index in [0.29, 0.717) is 33.2 Å². The number of nitrogens with zero attached hydrogens (tertiary/aromatic N) is 2. The fourth-order valence-electron chi connectivity index (χ4n) is 6.95. The fourth-order valence-corrected chi connectivity index (χ4v) is 6.95. The van der Waals surface area contributed by atoms with Crippen LogP contribution in [0.3, 0.4) is 0 Å². The van der Waals surface area contributed by atoms with Gasteiger partial charge in [0.2, 0.25) is 0 Å². The normalized spacial score (nSPS) is 12.8. The molecule has 0 atom stereocenters. The number of furan rings is 1. The maximum Gasteiger partial charge on any atom is 0.416 e. The van der Waals surface area contributed by atoms with Gasteiger partial charge in [-0.3, -0.25) is 4.39 Å². The number of hydrogen-bond donors (Lipinski definition) is 0. The summed E-state index contributed by atoms with van der Waals surface area (Å²) in [5.41, 5.74) is 6.88. The molecule has 9 rings (SSSR count). The van der Waals surface area contributed by atoms with Crippen LogP contribution >= 0.6 is 0 Å². The third kappa shape index (κ3) is 7.47. The van der Waals surface area contributed by atoms with E-state index in [0.717, 1.165) is 50.0 Å². The van der Waals surface area contributed by atoms with Crippen LogP contribution in [0.1, 0.15) is 41.6 Å². The third-order valence-corrected chi connectivity index (χ3v) is 9.60. The number of aromatic nitrogens is 2. The Morgan fingerprint density at radius 2 is 1.48 bits per heavy atom. The minimum absolute atomic E-state index is 0. The predicted molar refractivity (Wildman–Crippen MR) is 213 cm³/mol. The molecule has 3 aromatic heterocycles. The average Bonchev–Trinajstić information content (AvgIpc) is 3.59. The Hall–Kier alpha value is -5.69. The number of rotatable bonds is 3. The van der Waals surface area contributed by atoms with Crippen molar-refractivity contribution in [1.29, 1.82) is 0 Å². The number of hydrogen-bond acceptors (Lipinski definition) is 3. The maximum absolute atomic E-state index is 13.4. The second kappa shape index (κ2) is 15.1. The first-order valence-electron chi connectivity index (χ1n) is 19.1. The molecule has 0 aliphatic rings. The summed E-state index contributed by atoms with van der Waals surface area (Å²) in [6.07, 6.45) is -1.30. The van der Waals surface area contributed by atoms with Crippen molar-refractivity contribution in [3.8, 4) is 33.6 Å². The minimum atomic E-state index is -4.41. The van der Waals surface area contributed by atoms with Gasteiger partial charge >= 0.3 is 6.18 Å². The van der Waals surface area contributed by atoms with Crippen LogP contribution in [0.5, 0.6) is 0 Å². The number of aryl methyl sites for hydroxylation is 1. The van der Waals surface area contributed by atoms with Crippen LogP contribution < -0.4 is 0 Å². The van der Waals surface area contributed by atoms with Crippen molar-refractivity contribution in [3.63, 3.8) is 0 Å². The van der Waals surface area contributed by atoms with Gasteiger partial charge in [-0.25, -0.2) is 0 Å². The second-order valence-electron chi connectivity index (χ2n) is 14.3. The molecule has 8 heteroatoms. The van der Waals surface area contributed by atoms with Crippen molar-refractivity contribution in [2.75, 3.05) is 0 Å². The number of benzene rings is 6. The minimum Gasteiger partial charge on any atom is -0.500 e. The molecule has 1 radical (unpaired) electrons. The number of fused-ring (bicyclic) bond motifs is 7. The zero-order valence-corrected chi connectivity index (χ0v) is 32.7. The monoisotopic (exact) mass is 926 g/mol. The van der Waals surface area contributed by atoms with Gasteiger partial charge < -0.3 is 14.4 Å². The molecular weight excluding hydrogens is 889 g/mol. The molecule has 0 spiro atoms. The van der Waals surface area contributed by atoms with Crippen LogP contribution in [0, 0.1) is 24.8 Å². The fraction of sp³-hybridized carbons (Fsp3) is 0.125. The van der Waals surface area contributed by atoms with Gasteiger partial charge in [0.25, 0.3) is 0 Å². The number of halogens is 4. The summed E-state index contributed by atoms with van der Waals surface area (Å²) in [6.45, 7) is 4.45. The quantitative estimate of drug-likeness (QED) is 0.101. The first-order valence-corrected chi connectivity index (χ1v) is 17.6. The predicted octanol–water partition coefficient (Wildman–Crippen LogP) is 13.7. The smallest absolute Gasteiger partial charge is 0.416 e. The first-order chi connectivity index (χ1) is 27.6. The second-order valence-corrected chi connectivity index (χ2v) is 14.3. The maximum atomic E-state index is 13.4. The third-order valence-electron chi connectivity index (χ3n) is 9.60. The van der Waals surface area contributed by atoms with Gasteiger partial charge in [-0.15, -0.1) is 48.0 Å². The Morgan fingerprint density at radius 3 is 2.21 bits per heavy atom. The van der Waals surface area contributed by atoms with Crippen molar-refractivity contribution >= 4 is 43.5 Å². The van der Waals surface area contributed by atoms with Crippen LogP contribution in [-0.2, 0) is 31.7 Å². The molecule has 9 aromatic rings. The van der Waals surface area contributed by atoms with Crippen molar-refractivity contribution in [3.05, 3.63) is 168 Å². The van der Waals surface area contributed by atoms with E-state index in [1.165, 1.54) is 42.1 Å². The Kier molecular flexibility index (Phi) is 9.37. The zero-order valence-electron chi connectivity index (χ0n) is 33.3. The van der Waals surface area contributed by atoms with E-state index >= 15 is 0 Å². The van der Waals surface area contributed by atoms with E-state index in [1.807, 2.05) is 42.5 Å². The van der Waals surface area contributed by atoms with Crippen LogP contribution in [0.25, 0.3) is 77.1 Å². The molecule has 0 N–H and O–H groups in total. The summed E-state index contributed by atoms with van der Waals surface area (Å²) in [6, 6.07) is 41.0. The molecule has 281 valence electrons. The van der Waals surface area contributed by atoms with Gasteiger partial charge in [0.1, 0.15) is 5.58 Å². The SMILES string of the molecule is CC(C)(C)c1ccccc1-c1ccnc(-c2[c-]ccc3c2oc2c3ccc3ccc4cc(C(F)(F)F)ccc4c32)c1.[2H]C([2H])([2H])c1ccc(-c2[c-]cc(F)cc2)nc1.[Ir]. The molecule has 0 unspecified atom stereocenters. The molecule has 0 amide bonds. The van der Waals surface area contributed by atoms with E-state index in [9.17, 15) is 17.6 Å². The van der Waals surface area contributed by atoms with Crippen LogP contribution in [0.2, 0.25) is 0 Å². The molecule has 0 fully saturated rings. The van der Waals surface area contributed by atoms with Gasteiger partial charge in [0.05, 0.1) is 11.1 Å². The van der Waals surface area contributed by atoms with E-state index in [-0.39, 0.29) is 36.9 Å². The Bertz CT molecular complexity index is 2970. The molecule has 56 heavy (non-hydrogen) atoms. The first kappa shape index (κ1) is 34.8. The Morgan fingerprint density at radius 1 is 0.714 bits per heavy atom. The molecule has 3 heterocycles. The summed E-state index contributed by atoms with van der Waals surface area (Å²) in [5, 5.41) is 4.71. The standard InChI is InChI=1S/C36H25F3NO.C12H9FN.Ir/c1-35(2,3)30-10-5-4-7-25(30)23-17-18-40-31(20-23)29-9-6-8-27-28-15-13-21-11-12-22-19-24(36(37,38)39)14-16-26(22)32(21)34(28)41-33(27)29;1-9-2-7-12(14-8-9)10-3-5-11(13)6-4-10;/h4-8,10-20H,1-3H3;2-3,5-8H,1H3;/q2*-1;/i;1D3;.